The molecule has 0 bridgehead atoms. The van der Waals surface area contributed by atoms with Gasteiger partial charge in [0.1, 0.15) is 11.5 Å². The normalized spacial score (nSPS) is 10.5. The van der Waals surface area contributed by atoms with Gasteiger partial charge >= 0.3 is 0 Å². The summed E-state index contributed by atoms with van der Waals surface area (Å²) in [5.41, 5.74) is 1.17. The van der Waals surface area contributed by atoms with Gasteiger partial charge in [-0.25, -0.2) is 0 Å². The van der Waals surface area contributed by atoms with E-state index in [4.69, 9.17) is 21.7 Å². The third-order valence-electron chi connectivity index (χ3n) is 3.67. The zero-order chi connectivity index (χ0) is 17.5. The van der Waals surface area contributed by atoms with E-state index in [1.54, 1.807) is 20.3 Å². The fourth-order valence-electron chi connectivity index (χ4n) is 2.43. The van der Waals surface area contributed by atoms with Crippen molar-refractivity contribution in [3.63, 3.8) is 0 Å². The molecule has 0 aliphatic carbocycles. The zero-order valence-electron chi connectivity index (χ0n) is 14.2. The number of hydrogen-bond donors (Lipinski definition) is 3. The quantitative estimate of drug-likeness (QED) is 0.664. The van der Waals surface area contributed by atoms with E-state index in [1.807, 2.05) is 12.1 Å². The number of hydrogen-bond acceptors (Lipinski definition) is 4. The first-order valence-corrected chi connectivity index (χ1v) is 8.30. The molecule has 0 spiro atoms. The molecule has 0 aliphatic rings. The van der Waals surface area contributed by atoms with Gasteiger partial charge in [0.15, 0.2) is 5.11 Å². The van der Waals surface area contributed by atoms with Crippen molar-refractivity contribution in [1.82, 2.24) is 15.6 Å². The number of thiocarbonyl (C=S) groups is 1. The predicted molar refractivity (Wildman–Crippen MR) is 100 cm³/mol. The maximum atomic E-state index is 12.3. The lowest BCUT2D eigenvalue weighted by Gasteiger charge is -2.12. The van der Waals surface area contributed by atoms with Crippen LogP contribution in [-0.4, -0.2) is 37.4 Å². The van der Waals surface area contributed by atoms with Gasteiger partial charge in [-0.05, 0) is 43.3 Å². The molecule has 0 saturated heterocycles. The highest BCUT2D eigenvalue weighted by Crippen LogP contribution is 2.31. The fraction of sp³-hybridized carbons (Fsp3) is 0.412. The topological polar surface area (TPSA) is 75.4 Å². The van der Waals surface area contributed by atoms with Crippen LogP contribution in [0.3, 0.4) is 0 Å². The Balaban J connectivity index is 2.21. The Morgan fingerprint density at radius 3 is 2.50 bits per heavy atom. The number of pyridine rings is 1. The maximum absolute atomic E-state index is 12.3. The van der Waals surface area contributed by atoms with Gasteiger partial charge in [0.05, 0.1) is 19.7 Å². The van der Waals surface area contributed by atoms with Crippen LogP contribution in [0.15, 0.2) is 23.0 Å². The van der Waals surface area contributed by atoms with Gasteiger partial charge in [0.25, 0.3) is 5.56 Å². The van der Waals surface area contributed by atoms with E-state index in [2.05, 4.69) is 22.5 Å². The van der Waals surface area contributed by atoms with Gasteiger partial charge in [-0.1, -0.05) is 6.92 Å². The Bertz CT molecular complexity index is 774. The second kappa shape index (κ2) is 8.54. The smallest absolute Gasteiger partial charge is 0.251 e. The molecule has 1 heterocycles. The highest BCUT2D eigenvalue weighted by Gasteiger charge is 2.11. The number of ether oxygens (including phenoxy) is 2. The van der Waals surface area contributed by atoms with E-state index in [-0.39, 0.29) is 5.56 Å². The monoisotopic (exact) mass is 349 g/mol. The van der Waals surface area contributed by atoms with Crippen molar-refractivity contribution in [3.8, 4) is 11.5 Å². The van der Waals surface area contributed by atoms with E-state index in [0.29, 0.717) is 40.7 Å². The van der Waals surface area contributed by atoms with Crippen LogP contribution in [0.4, 0.5) is 0 Å². The summed E-state index contributed by atoms with van der Waals surface area (Å²) >= 11 is 5.17. The summed E-state index contributed by atoms with van der Waals surface area (Å²) in [5.74, 6) is 1.30. The number of fused-ring (bicyclic) bond motifs is 1. The molecule has 2 aromatic rings. The SMILES string of the molecule is CCCNC(=S)NCCc1cc2c(OC)ccc(OC)c2[nH]c1=O. The number of H-pyrrole nitrogens is 1. The van der Waals surface area contributed by atoms with Crippen molar-refractivity contribution in [1.29, 1.82) is 0 Å². The lowest BCUT2D eigenvalue weighted by Crippen LogP contribution is -2.37. The van der Waals surface area contributed by atoms with Crippen molar-refractivity contribution in [2.45, 2.75) is 19.8 Å². The Hall–Kier alpha value is -2.28. The Labute approximate surface area is 146 Å². The lowest BCUT2D eigenvalue weighted by molar-refractivity contribution is 0.409. The molecular formula is C17H23N3O3S. The van der Waals surface area contributed by atoms with E-state index < -0.39 is 0 Å². The first kappa shape index (κ1) is 18.1. The van der Waals surface area contributed by atoms with Gasteiger partial charge in [-0.2, -0.15) is 0 Å². The molecule has 1 aromatic heterocycles. The van der Waals surface area contributed by atoms with E-state index in [1.165, 1.54) is 0 Å². The molecule has 3 N–H and O–H groups in total. The highest BCUT2D eigenvalue weighted by molar-refractivity contribution is 7.80. The number of nitrogens with one attached hydrogen (secondary N) is 3. The molecule has 0 saturated carbocycles. The van der Waals surface area contributed by atoms with Crippen LogP contribution in [0.25, 0.3) is 10.9 Å². The summed E-state index contributed by atoms with van der Waals surface area (Å²) < 4.78 is 10.7. The fourth-order valence-corrected chi connectivity index (χ4v) is 2.64. The first-order chi connectivity index (χ1) is 11.6. The van der Waals surface area contributed by atoms with Crippen LogP contribution < -0.4 is 25.7 Å². The molecule has 130 valence electrons. The second-order valence-electron chi connectivity index (χ2n) is 5.32. The molecule has 7 heteroatoms. The van der Waals surface area contributed by atoms with Gasteiger partial charge in [-0.3, -0.25) is 4.79 Å². The number of rotatable bonds is 7. The minimum Gasteiger partial charge on any atom is -0.496 e. The van der Waals surface area contributed by atoms with Crippen molar-refractivity contribution < 1.29 is 9.47 Å². The molecule has 0 radical (unpaired) electrons. The molecular weight excluding hydrogens is 326 g/mol. The third-order valence-corrected chi connectivity index (χ3v) is 3.96. The van der Waals surface area contributed by atoms with Crippen molar-refractivity contribution in [3.05, 3.63) is 34.1 Å². The standard InChI is InChI=1S/C17H23N3O3S/c1-4-8-18-17(24)19-9-7-11-10-12-13(22-2)5-6-14(23-3)15(12)20-16(11)21/h5-6,10H,4,7-9H2,1-3H3,(H,20,21)(H2,18,19,24). The molecule has 0 atom stereocenters. The second-order valence-corrected chi connectivity index (χ2v) is 5.72. The zero-order valence-corrected chi connectivity index (χ0v) is 15.0. The summed E-state index contributed by atoms with van der Waals surface area (Å²) in [7, 11) is 3.17. The maximum Gasteiger partial charge on any atom is 0.251 e. The van der Waals surface area contributed by atoms with Crippen LogP contribution in [0.2, 0.25) is 0 Å². The lowest BCUT2D eigenvalue weighted by atomic mass is 10.1. The number of aromatic nitrogens is 1. The summed E-state index contributed by atoms with van der Waals surface area (Å²) in [4.78, 5) is 15.2. The highest BCUT2D eigenvalue weighted by atomic mass is 32.1. The van der Waals surface area contributed by atoms with Gasteiger partial charge in [0, 0.05) is 24.0 Å². The Morgan fingerprint density at radius 1 is 1.17 bits per heavy atom. The predicted octanol–water partition coefficient (Wildman–Crippen LogP) is 1.96. The molecule has 2 rings (SSSR count). The van der Waals surface area contributed by atoms with Crippen LogP contribution in [0, 0.1) is 0 Å². The Kier molecular flexibility index (Phi) is 6.43. The third kappa shape index (κ3) is 4.17. The number of methoxy groups -OCH3 is 2. The molecule has 24 heavy (non-hydrogen) atoms. The molecule has 6 nitrogen and oxygen atoms in total. The van der Waals surface area contributed by atoms with Crippen molar-refractivity contribution >= 4 is 28.2 Å². The summed E-state index contributed by atoms with van der Waals surface area (Å²) in [6.07, 6.45) is 1.56. The van der Waals surface area contributed by atoms with Gasteiger partial charge < -0.3 is 25.1 Å². The van der Waals surface area contributed by atoms with E-state index in [9.17, 15) is 4.79 Å². The van der Waals surface area contributed by atoms with Crippen LogP contribution in [0.1, 0.15) is 18.9 Å². The van der Waals surface area contributed by atoms with E-state index in [0.717, 1.165) is 18.4 Å². The Morgan fingerprint density at radius 2 is 1.83 bits per heavy atom. The average Bonchev–Trinajstić information content (AvgIpc) is 2.59. The summed E-state index contributed by atoms with van der Waals surface area (Å²) in [6.45, 7) is 3.49. The van der Waals surface area contributed by atoms with Crippen molar-refractivity contribution in [2.75, 3.05) is 27.3 Å². The van der Waals surface area contributed by atoms with E-state index >= 15 is 0 Å². The first-order valence-electron chi connectivity index (χ1n) is 7.89. The molecule has 0 fully saturated rings. The summed E-state index contributed by atoms with van der Waals surface area (Å²) in [5, 5.41) is 7.62. The minimum absolute atomic E-state index is 0.136. The average molecular weight is 349 g/mol. The van der Waals surface area contributed by atoms with Crippen LogP contribution >= 0.6 is 12.2 Å². The van der Waals surface area contributed by atoms with Gasteiger partial charge in [0.2, 0.25) is 0 Å². The van der Waals surface area contributed by atoms with Crippen LogP contribution in [-0.2, 0) is 6.42 Å². The summed E-state index contributed by atoms with van der Waals surface area (Å²) in [6, 6.07) is 5.45. The molecule has 1 aromatic carbocycles. The minimum atomic E-state index is -0.136. The number of benzene rings is 1. The van der Waals surface area contributed by atoms with Gasteiger partial charge in [-0.15, -0.1) is 0 Å². The van der Waals surface area contributed by atoms with Crippen LogP contribution in [0.5, 0.6) is 11.5 Å². The van der Waals surface area contributed by atoms with Crippen molar-refractivity contribution in [2.24, 2.45) is 0 Å². The largest absolute Gasteiger partial charge is 0.496 e. The molecule has 0 unspecified atom stereocenters. The molecule has 0 amide bonds. The number of aromatic amines is 1. The molecule has 0 aliphatic heterocycles.